The Morgan fingerprint density at radius 2 is 1.55 bits per heavy atom. The lowest BCUT2D eigenvalue weighted by Gasteiger charge is -2.37. The second kappa shape index (κ2) is 8.24. The van der Waals surface area contributed by atoms with Crippen LogP contribution in [0, 0.1) is 0 Å². The minimum absolute atomic E-state index is 0.164. The van der Waals surface area contributed by atoms with Gasteiger partial charge in [-0.25, -0.2) is 0 Å². The molecule has 0 bridgehead atoms. The number of hydrogen-bond donors (Lipinski definition) is 0. The van der Waals surface area contributed by atoms with Gasteiger partial charge in [0.05, 0.1) is 13.2 Å². The lowest BCUT2D eigenvalue weighted by atomic mass is 9.67. The standard InChI is InChI=1S/C28H30N2O/c1-29(2)26-12-9-25(10-13-26)28(24-6-4-3-5-7-24)15-14-22-8-11-27(20-23(22)21-28)30-16-18-31-19-17-30/h3-15,20H,16-19,21H2,1-2H3. The molecule has 2 aliphatic rings. The highest BCUT2D eigenvalue weighted by atomic mass is 16.5. The normalized spacial score (nSPS) is 20.4. The average Bonchev–Trinajstić information content (AvgIpc) is 2.84. The maximum absolute atomic E-state index is 5.55. The molecule has 1 atom stereocenters. The van der Waals surface area contributed by atoms with Gasteiger partial charge in [0.15, 0.2) is 0 Å². The first kappa shape index (κ1) is 19.9. The van der Waals surface area contributed by atoms with Crippen molar-refractivity contribution in [3.8, 4) is 0 Å². The molecule has 31 heavy (non-hydrogen) atoms. The number of hydrogen-bond acceptors (Lipinski definition) is 3. The summed E-state index contributed by atoms with van der Waals surface area (Å²) in [5.74, 6) is 0. The molecule has 158 valence electrons. The summed E-state index contributed by atoms with van der Waals surface area (Å²) in [5, 5.41) is 0. The molecule has 3 aromatic carbocycles. The minimum Gasteiger partial charge on any atom is -0.378 e. The van der Waals surface area contributed by atoms with Crippen molar-refractivity contribution in [1.82, 2.24) is 0 Å². The molecular formula is C28H30N2O. The first-order chi connectivity index (χ1) is 15.2. The van der Waals surface area contributed by atoms with Crippen LogP contribution in [0.15, 0.2) is 78.9 Å². The second-order valence-electron chi connectivity index (χ2n) is 8.77. The molecule has 1 aliphatic heterocycles. The molecule has 1 aliphatic carbocycles. The summed E-state index contributed by atoms with van der Waals surface area (Å²) in [6.45, 7) is 3.54. The smallest absolute Gasteiger partial charge is 0.0642 e. The van der Waals surface area contributed by atoms with Gasteiger partial charge in [0.2, 0.25) is 0 Å². The fourth-order valence-corrected chi connectivity index (χ4v) is 4.87. The van der Waals surface area contributed by atoms with E-state index < -0.39 is 0 Å². The van der Waals surface area contributed by atoms with Gasteiger partial charge in [0.1, 0.15) is 0 Å². The van der Waals surface area contributed by atoms with E-state index >= 15 is 0 Å². The SMILES string of the molecule is CN(C)c1ccc(C2(c3ccccc3)C=Cc3ccc(N4CCOCC4)cc3C2)cc1. The van der Waals surface area contributed by atoms with Gasteiger partial charge in [-0.05, 0) is 52.9 Å². The van der Waals surface area contributed by atoms with Crippen molar-refractivity contribution >= 4 is 17.5 Å². The number of fused-ring (bicyclic) bond motifs is 1. The summed E-state index contributed by atoms with van der Waals surface area (Å²) in [4.78, 5) is 4.60. The van der Waals surface area contributed by atoms with Crippen LogP contribution in [0.3, 0.4) is 0 Å². The Kier molecular flexibility index (Phi) is 5.29. The van der Waals surface area contributed by atoms with Gasteiger partial charge in [-0.1, -0.05) is 60.7 Å². The van der Waals surface area contributed by atoms with E-state index in [1.54, 1.807) is 0 Å². The van der Waals surface area contributed by atoms with Crippen molar-refractivity contribution in [3.63, 3.8) is 0 Å². The Morgan fingerprint density at radius 1 is 0.839 bits per heavy atom. The minimum atomic E-state index is -0.164. The van der Waals surface area contributed by atoms with Crippen LogP contribution in [-0.2, 0) is 16.6 Å². The molecule has 1 fully saturated rings. The quantitative estimate of drug-likeness (QED) is 0.592. The van der Waals surface area contributed by atoms with Gasteiger partial charge in [0.25, 0.3) is 0 Å². The van der Waals surface area contributed by atoms with Gasteiger partial charge in [-0.3, -0.25) is 0 Å². The lowest BCUT2D eigenvalue weighted by molar-refractivity contribution is 0.122. The third-order valence-electron chi connectivity index (χ3n) is 6.71. The highest BCUT2D eigenvalue weighted by molar-refractivity contribution is 5.68. The summed E-state index contributed by atoms with van der Waals surface area (Å²) >= 11 is 0. The highest BCUT2D eigenvalue weighted by Gasteiger charge is 2.35. The van der Waals surface area contributed by atoms with Crippen molar-refractivity contribution < 1.29 is 4.74 Å². The van der Waals surface area contributed by atoms with Gasteiger partial charge in [-0.15, -0.1) is 0 Å². The fraction of sp³-hybridized carbons (Fsp3) is 0.286. The molecule has 3 nitrogen and oxygen atoms in total. The number of ether oxygens (including phenoxy) is 1. The molecule has 0 amide bonds. The average molecular weight is 411 g/mol. The van der Waals surface area contributed by atoms with Crippen LogP contribution in [0.25, 0.3) is 6.08 Å². The van der Waals surface area contributed by atoms with Gasteiger partial charge in [0, 0.05) is 44.0 Å². The van der Waals surface area contributed by atoms with E-state index in [2.05, 4.69) is 109 Å². The largest absolute Gasteiger partial charge is 0.378 e. The summed E-state index contributed by atoms with van der Waals surface area (Å²) in [6.07, 6.45) is 5.68. The third-order valence-corrected chi connectivity index (χ3v) is 6.71. The topological polar surface area (TPSA) is 15.7 Å². The van der Waals surface area contributed by atoms with Gasteiger partial charge in [-0.2, -0.15) is 0 Å². The molecule has 1 unspecified atom stereocenters. The van der Waals surface area contributed by atoms with E-state index in [0.29, 0.717) is 0 Å². The van der Waals surface area contributed by atoms with E-state index in [9.17, 15) is 0 Å². The number of benzene rings is 3. The molecule has 1 heterocycles. The van der Waals surface area contributed by atoms with Crippen LogP contribution >= 0.6 is 0 Å². The first-order valence-corrected chi connectivity index (χ1v) is 11.1. The van der Waals surface area contributed by atoms with Crippen molar-refractivity contribution in [2.24, 2.45) is 0 Å². The third kappa shape index (κ3) is 3.75. The lowest BCUT2D eigenvalue weighted by Crippen LogP contribution is -2.36. The van der Waals surface area contributed by atoms with Crippen LogP contribution in [0.1, 0.15) is 22.3 Å². The Labute approximate surface area is 185 Å². The van der Waals surface area contributed by atoms with Crippen molar-refractivity contribution in [3.05, 3.63) is 101 Å². The molecule has 0 radical (unpaired) electrons. The van der Waals surface area contributed by atoms with Crippen molar-refractivity contribution in [1.29, 1.82) is 0 Å². The fourth-order valence-electron chi connectivity index (χ4n) is 4.87. The number of rotatable bonds is 4. The number of nitrogens with zero attached hydrogens (tertiary/aromatic N) is 2. The molecule has 1 saturated heterocycles. The predicted molar refractivity (Wildman–Crippen MR) is 130 cm³/mol. The van der Waals surface area contributed by atoms with E-state index in [0.717, 1.165) is 32.7 Å². The van der Waals surface area contributed by atoms with Crippen LogP contribution < -0.4 is 9.80 Å². The highest BCUT2D eigenvalue weighted by Crippen LogP contribution is 2.42. The van der Waals surface area contributed by atoms with Crippen LogP contribution in [0.5, 0.6) is 0 Å². The Balaban J connectivity index is 1.58. The van der Waals surface area contributed by atoms with Gasteiger partial charge < -0.3 is 14.5 Å². The zero-order valence-electron chi connectivity index (χ0n) is 18.4. The van der Waals surface area contributed by atoms with Crippen LogP contribution in [-0.4, -0.2) is 40.4 Å². The summed E-state index contributed by atoms with van der Waals surface area (Å²) < 4.78 is 5.55. The zero-order valence-corrected chi connectivity index (χ0v) is 18.4. The first-order valence-electron chi connectivity index (χ1n) is 11.1. The van der Waals surface area contributed by atoms with Crippen molar-refractivity contribution in [2.75, 3.05) is 50.2 Å². The Morgan fingerprint density at radius 3 is 2.26 bits per heavy atom. The Hall–Kier alpha value is -3.04. The molecule has 3 heteroatoms. The van der Waals surface area contributed by atoms with E-state index in [-0.39, 0.29) is 5.41 Å². The number of morpholine rings is 1. The Bertz CT molecular complexity index is 1070. The predicted octanol–water partition coefficient (Wildman–Crippen LogP) is 5.14. The molecule has 0 N–H and O–H groups in total. The van der Waals surface area contributed by atoms with Gasteiger partial charge >= 0.3 is 0 Å². The van der Waals surface area contributed by atoms with Crippen molar-refractivity contribution in [2.45, 2.75) is 11.8 Å². The van der Waals surface area contributed by atoms with E-state index in [1.807, 2.05) is 0 Å². The summed E-state index contributed by atoms with van der Waals surface area (Å²) in [6, 6.07) is 26.9. The van der Waals surface area contributed by atoms with E-state index in [1.165, 1.54) is 33.6 Å². The van der Waals surface area contributed by atoms with E-state index in [4.69, 9.17) is 4.74 Å². The summed E-state index contributed by atoms with van der Waals surface area (Å²) in [7, 11) is 4.18. The monoisotopic (exact) mass is 410 g/mol. The molecular weight excluding hydrogens is 380 g/mol. The maximum atomic E-state index is 5.55. The molecule has 0 saturated carbocycles. The molecule has 5 rings (SSSR count). The molecule has 0 aromatic heterocycles. The zero-order chi connectivity index (χ0) is 21.3. The molecule has 0 spiro atoms. The number of allylic oxidation sites excluding steroid dienone is 1. The van der Waals surface area contributed by atoms with Crippen LogP contribution in [0.2, 0.25) is 0 Å². The van der Waals surface area contributed by atoms with Crippen LogP contribution in [0.4, 0.5) is 11.4 Å². The second-order valence-corrected chi connectivity index (χ2v) is 8.77. The summed E-state index contributed by atoms with van der Waals surface area (Å²) in [5.41, 5.74) is 7.78. The molecule has 3 aromatic rings. The number of anilines is 2. The maximum Gasteiger partial charge on any atom is 0.0642 e.